The largest absolute Gasteiger partial charge is 0.357 e. The van der Waals surface area contributed by atoms with E-state index in [1.165, 1.54) is 31.5 Å². The third-order valence-corrected chi connectivity index (χ3v) is 5.17. The zero-order valence-electron chi connectivity index (χ0n) is 12.1. The highest BCUT2D eigenvalue weighted by Gasteiger charge is 2.22. The van der Waals surface area contributed by atoms with Crippen molar-refractivity contribution in [1.82, 2.24) is 10.2 Å². The molecule has 108 valence electrons. The Kier molecular flexibility index (Phi) is 4.63. The van der Waals surface area contributed by atoms with Crippen LogP contribution < -0.4 is 5.32 Å². The summed E-state index contributed by atoms with van der Waals surface area (Å²) in [7, 11) is 0. The van der Waals surface area contributed by atoms with Gasteiger partial charge >= 0.3 is 0 Å². The molecule has 0 saturated carbocycles. The number of likely N-dealkylation sites (tertiary alicyclic amines) is 1. The van der Waals surface area contributed by atoms with Gasteiger partial charge in [0.1, 0.15) is 0 Å². The van der Waals surface area contributed by atoms with E-state index in [0.29, 0.717) is 12.1 Å². The van der Waals surface area contributed by atoms with Crippen LogP contribution in [-0.4, -0.2) is 41.5 Å². The Hall–Kier alpha value is -1.00. The fourth-order valence-electron chi connectivity index (χ4n) is 2.86. The van der Waals surface area contributed by atoms with Crippen LogP contribution in [0.15, 0.2) is 35.3 Å². The molecule has 20 heavy (non-hydrogen) atoms. The van der Waals surface area contributed by atoms with Crippen LogP contribution in [0.3, 0.4) is 0 Å². The second-order valence-corrected chi connectivity index (χ2v) is 6.67. The van der Waals surface area contributed by atoms with Crippen molar-refractivity contribution >= 4 is 16.9 Å². The summed E-state index contributed by atoms with van der Waals surface area (Å²) in [6, 6.07) is 11.6. The predicted octanol–water partition coefficient (Wildman–Crippen LogP) is 2.90. The molecular formula is C16H23N3S. The Balaban J connectivity index is 1.53. The first kappa shape index (κ1) is 14.0. The maximum Gasteiger partial charge on any atom is 0.157 e. The summed E-state index contributed by atoms with van der Waals surface area (Å²) >= 11 is 1.85. The van der Waals surface area contributed by atoms with Crippen molar-refractivity contribution in [3.05, 3.63) is 35.9 Å². The lowest BCUT2D eigenvalue weighted by molar-refractivity contribution is 0.265. The van der Waals surface area contributed by atoms with Gasteiger partial charge in [0.25, 0.3) is 0 Å². The molecule has 0 amide bonds. The van der Waals surface area contributed by atoms with Crippen molar-refractivity contribution in [3.8, 4) is 0 Å². The summed E-state index contributed by atoms with van der Waals surface area (Å²) in [4.78, 5) is 7.32. The summed E-state index contributed by atoms with van der Waals surface area (Å²) in [5.41, 5.74) is 1.36. The lowest BCUT2D eigenvalue weighted by Gasteiger charge is -2.21. The quantitative estimate of drug-likeness (QED) is 0.923. The summed E-state index contributed by atoms with van der Waals surface area (Å²) in [5.74, 6) is 1.08. The maximum absolute atomic E-state index is 4.77. The Bertz CT molecular complexity index is 454. The Labute approximate surface area is 125 Å². The number of rotatable bonds is 4. The molecule has 1 N–H and O–H groups in total. The number of benzene rings is 1. The van der Waals surface area contributed by atoms with Crippen molar-refractivity contribution in [2.75, 3.05) is 25.4 Å². The van der Waals surface area contributed by atoms with E-state index in [0.717, 1.165) is 17.5 Å². The Morgan fingerprint density at radius 1 is 1.30 bits per heavy atom. The topological polar surface area (TPSA) is 27.6 Å². The highest BCUT2D eigenvalue weighted by Crippen LogP contribution is 2.26. The predicted molar refractivity (Wildman–Crippen MR) is 87.3 cm³/mol. The van der Waals surface area contributed by atoms with Gasteiger partial charge in [0.15, 0.2) is 5.17 Å². The van der Waals surface area contributed by atoms with E-state index >= 15 is 0 Å². The molecule has 0 aliphatic carbocycles. The molecule has 1 aromatic rings. The Morgan fingerprint density at radius 3 is 2.80 bits per heavy atom. The molecule has 2 fully saturated rings. The summed E-state index contributed by atoms with van der Waals surface area (Å²) in [6.45, 7) is 5.71. The highest BCUT2D eigenvalue weighted by atomic mass is 32.2. The van der Waals surface area contributed by atoms with Crippen LogP contribution in [-0.2, 0) is 0 Å². The van der Waals surface area contributed by atoms with E-state index in [1.54, 1.807) is 0 Å². The van der Waals surface area contributed by atoms with E-state index in [2.05, 4.69) is 47.5 Å². The van der Waals surface area contributed by atoms with Crippen molar-refractivity contribution in [2.45, 2.75) is 31.8 Å². The first-order chi connectivity index (χ1) is 9.83. The highest BCUT2D eigenvalue weighted by molar-refractivity contribution is 8.14. The number of aliphatic imine (C=N–C) groups is 1. The molecule has 0 spiro atoms. The maximum atomic E-state index is 4.77. The molecule has 0 bridgehead atoms. The number of nitrogens with zero attached hydrogens (tertiary/aromatic N) is 2. The molecular weight excluding hydrogens is 266 g/mol. The minimum absolute atomic E-state index is 0.419. The van der Waals surface area contributed by atoms with Crippen molar-refractivity contribution in [2.24, 2.45) is 4.99 Å². The Morgan fingerprint density at radius 2 is 2.05 bits per heavy atom. The van der Waals surface area contributed by atoms with Gasteiger partial charge in [0.05, 0.1) is 12.6 Å². The van der Waals surface area contributed by atoms with E-state index in [-0.39, 0.29) is 0 Å². The molecule has 3 nitrogen and oxygen atoms in total. The third kappa shape index (κ3) is 3.36. The minimum Gasteiger partial charge on any atom is -0.357 e. The smallest absolute Gasteiger partial charge is 0.157 e. The molecule has 2 aliphatic rings. The van der Waals surface area contributed by atoms with E-state index in [1.807, 2.05) is 11.8 Å². The standard InChI is InChI=1S/C16H23N3S/c1-13(19-9-5-6-10-19)11-17-16-18-15(12-20-16)14-7-3-2-4-8-14/h2-4,7-8,13,15H,5-6,9-12H2,1H3,(H,17,18). The average Bonchev–Trinajstić information content (AvgIpc) is 3.17. The molecule has 1 aromatic carbocycles. The van der Waals surface area contributed by atoms with Gasteiger partial charge in [0, 0.05) is 11.8 Å². The van der Waals surface area contributed by atoms with E-state index in [4.69, 9.17) is 4.99 Å². The molecule has 0 radical (unpaired) electrons. The summed E-state index contributed by atoms with van der Waals surface area (Å²) in [6.07, 6.45) is 2.70. The van der Waals surface area contributed by atoms with Gasteiger partial charge in [-0.25, -0.2) is 0 Å². The summed E-state index contributed by atoms with van der Waals surface area (Å²) < 4.78 is 0. The van der Waals surface area contributed by atoms with Crippen LogP contribution in [0.5, 0.6) is 0 Å². The van der Waals surface area contributed by atoms with Crippen molar-refractivity contribution < 1.29 is 0 Å². The van der Waals surface area contributed by atoms with Gasteiger partial charge in [-0.2, -0.15) is 0 Å². The van der Waals surface area contributed by atoms with Crippen molar-refractivity contribution in [1.29, 1.82) is 0 Å². The normalized spacial score (nSPS) is 26.9. The number of amidine groups is 1. The number of nitrogens with one attached hydrogen (secondary N) is 1. The van der Waals surface area contributed by atoms with Gasteiger partial charge in [-0.3, -0.25) is 9.89 Å². The van der Waals surface area contributed by atoms with Gasteiger partial charge < -0.3 is 5.32 Å². The number of hydrogen-bond acceptors (Lipinski definition) is 3. The SMILES string of the molecule is CC(CN=C1NC(c2ccccc2)CS1)N1CCCC1. The first-order valence-electron chi connectivity index (χ1n) is 7.56. The number of thioether (sulfide) groups is 1. The minimum atomic E-state index is 0.419. The zero-order valence-corrected chi connectivity index (χ0v) is 12.9. The second kappa shape index (κ2) is 6.64. The molecule has 3 rings (SSSR count). The molecule has 2 aliphatic heterocycles. The van der Waals surface area contributed by atoms with Gasteiger partial charge in [-0.15, -0.1) is 0 Å². The van der Waals surface area contributed by atoms with Crippen LogP contribution in [0.25, 0.3) is 0 Å². The van der Waals surface area contributed by atoms with Crippen LogP contribution >= 0.6 is 11.8 Å². The van der Waals surface area contributed by atoms with Crippen LogP contribution in [0, 0.1) is 0 Å². The number of hydrogen-bond donors (Lipinski definition) is 1. The molecule has 0 aromatic heterocycles. The zero-order chi connectivity index (χ0) is 13.8. The van der Waals surface area contributed by atoms with Crippen LogP contribution in [0.2, 0.25) is 0 Å². The monoisotopic (exact) mass is 289 g/mol. The fraction of sp³-hybridized carbons (Fsp3) is 0.562. The molecule has 2 saturated heterocycles. The van der Waals surface area contributed by atoms with Gasteiger partial charge in [-0.1, -0.05) is 42.1 Å². The fourth-order valence-corrected chi connectivity index (χ4v) is 3.86. The lowest BCUT2D eigenvalue weighted by Crippen LogP contribution is -2.33. The molecule has 2 heterocycles. The average molecular weight is 289 g/mol. The molecule has 2 unspecified atom stereocenters. The molecule has 4 heteroatoms. The van der Waals surface area contributed by atoms with E-state index < -0.39 is 0 Å². The first-order valence-corrected chi connectivity index (χ1v) is 8.54. The van der Waals surface area contributed by atoms with Gasteiger partial charge in [-0.05, 0) is 38.4 Å². The second-order valence-electron chi connectivity index (χ2n) is 5.66. The van der Waals surface area contributed by atoms with Crippen molar-refractivity contribution in [3.63, 3.8) is 0 Å². The van der Waals surface area contributed by atoms with Crippen LogP contribution in [0.4, 0.5) is 0 Å². The third-order valence-electron chi connectivity index (χ3n) is 4.15. The molecule has 2 atom stereocenters. The van der Waals surface area contributed by atoms with Crippen LogP contribution in [0.1, 0.15) is 31.4 Å². The van der Waals surface area contributed by atoms with Gasteiger partial charge in [0.2, 0.25) is 0 Å². The lowest BCUT2D eigenvalue weighted by atomic mass is 10.1. The van der Waals surface area contributed by atoms with E-state index in [9.17, 15) is 0 Å². The summed E-state index contributed by atoms with van der Waals surface area (Å²) in [5, 5.41) is 4.66.